The second-order valence-corrected chi connectivity index (χ2v) is 5.20. The number of nitrogens with one attached hydrogen (secondary N) is 1. The van der Waals surface area contributed by atoms with Crippen molar-refractivity contribution < 1.29 is 5.11 Å². The highest BCUT2D eigenvalue weighted by atomic mass is 35.5. The molecule has 1 aliphatic heterocycles. The quantitative estimate of drug-likeness (QED) is 0.788. The molecular formula is C9H12ClNOS. The number of hydrogen-bond donors (Lipinski definition) is 2. The first kappa shape index (κ1) is 9.46. The van der Waals surface area contributed by atoms with Gasteiger partial charge in [-0.25, -0.2) is 0 Å². The molecule has 4 heteroatoms. The first-order valence-electron chi connectivity index (χ1n) is 4.38. The third-order valence-corrected chi connectivity index (χ3v) is 3.65. The van der Waals surface area contributed by atoms with Crippen molar-refractivity contribution in [1.29, 1.82) is 0 Å². The summed E-state index contributed by atoms with van der Waals surface area (Å²) in [7, 11) is 0. The molecule has 1 aliphatic rings. The normalized spacial score (nSPS) is 28.2. The molecule has 0 radical (unpaired) electrons. The molecule has 1 fully saturated rings. The van der Waals surface area contributed by atoms with E-state index in [1.165, 1.54) is 4.88 Å². The topological polar surface area (TPSA) is 32.3 Å². The van der Waals surface area contributed by atoms with Crippen LogP contribution in [-0.4, -0.2) is 24.3 Å². The van der Waals surface area contributed by atoms with Gasteiger partial charge in [0.25, 0.3) is 0 Å². The molecule has 2 heterocycles. The molecule has 0 saturated carbocycles. The van der Waals surface area contributed by atoms with E-state index >= 15 is 0 Å². The van der Waals surface area contributed by atoms with E-state index in [1.807, 2.05) is 12.1 Å². The Balaban J connectivity index is 1.97. The summed E-state index contributed by atoms with van der Waals surface area (Å²) in [6, 6.07) is 3.95. The maximum atomic E-state index is 9.57. The third kappa shape index (κ3) is 2.23. The number of aliphatic hydroxyl groups excluding tert-OH is 1. The average Bonchev–Trinajstić information content (AvgIpc) is 2.64. The van der Waals surface area contributed by atoms with Gasteiger partial charge in [0, 0.05) is 23.9 Å². The lowest BCUT2D eigenvalue weighted by Gasteiger charge is -2.10. The first-order chi connectivity index (χ1) is 6.25. The fraction of sp³-hybridized carbons (Fsp3) is 0.556. The maximum absolute atomic E-state index is 9.57. The SMILES string of the molecule is O[C@@H]1CNC[C@H]1Cc1ccc(Cl)s1. The zero-order chi connectivity index (χ0) is 9.26. The van der Waals surface area contributed by atoms with Gasteiger partial charge in [-0.2, -0.15) is 0 Å². The molecule has 2 nitrogen and oxygen atoms in total. The number of thiophene rings is 1. The van der Waals surface area contributed by atoms with Crippen LogP contribution in [0, 0.1) is 5.92 Å². The van der Waals surface area contributed by atoms with Gasteiger partial charge in [-0.3, -0.25) is 0 Å². The van der Waals surface area contributed by atoms with Gasteiger partial charge in [0.05, 0.1) is 10.4 Å². The van der Waals surface area contributed by atoms with Crippen molar-refractivity contribution in [1.82, 2.24) is 5.32 Å². The lowest BCUT2D eigenvalue weighted by atomic mass is 10.0. The second kappa shape index (κ2) is 3.96. The number of aliphatic hydroxyl groups is 1. The van der Waals surface area contributed by atoms with Gasteiger partial charge in [0.15, 0.2) is 0 Å². The van der Waals surface area contributed by atoms with Crippen LogP contribution in [0.1, 0.15) is 4.88 Å². The number of halogens is 1. The summed E-state index contributed by atoms with van der Waals surface area (Å²) in [5.41, 5.74) is 0. The van der Waals surface area contributed by atoms with Gasteiger partial charge in [-0.05, 0) is 18.6 Å². The Morgan fingerprint density at radius 1 is 1.54 bits per heavy atom. The summed E-state index contributed by atoms with van der Waals surface area (Å²) in [6.45, 7) is 1.64. The van der Waals surface area contributed by atoms with Crippen LogP contribution in [0.25, 0.3) is 0 Å². The molecule has 0 aromatic carbocycles. The molecule has 13 heavy (non-hydrogen) atoms. The molecule has 2 N–H and O–H groups in total. The molecule has 0 unspecified atom stereocenters. The van der Waals surface area contributed by atoms with Crippen LogP contribution in [0.15, 0.2) is 12.1 Å². The highest BCUT2D eigenvalue weighted by Gasteiger charge is 2.25. The van der Waals surface area contributed by atoms with Crippen LogP contribution >= 0.6 is 22.9 Å². The summed E-state index contributed by atoms with van der Waals surface area (Å²) < 4.78 is 0.829. The lowest BCUT2D eigenvalue weighted by Crippen LogP contribution is -2.19. The Morgan fingerprint density at radius 3 is 2.92 bits per heavy atom. The van der Waals surface area contributed by atoms with Crippen molar-refractivity contribution in [2.24, 2.45) is 5.92 Å². The smallest absolute Gasteiger partial charge is 0.0931 e. The summed E-state index contributed by atoms with van der Waals surface area (Å²) in [5, 5.41) is 12.7. The molecule has 0 aliphatic carbocycles. The van der Waals surface area contributed by atoms with Gasteiger partial charge < -0.3 is 10.4 Å². The van der Waals surface area contributed by atoms with E-state index in [0.717, 1.165) is 23.8 Å². The molecule has 0 bridgehead atoms. The van der Waals surface area contributed by atoms with E-state index in [4.69, 9.17) is 11.6 Å². The predicted molar refractivity (Wildman–Crippen MR) is 55.4 cm³/mol. The van der Waals surface area contributed by atoms with Gasteiger partial charge in [-0.15, -0.1) is 11.3 Å². The Labute approximate surface area is 86.5 Å². The fourth-order valence-electron chi connectivity index (χ4n) is 1.65. The van der Waals surface area contributed by atoms with Gasteiger partial charge >= 0.3 is 0 Å². The summed E-state index contributed by atoms with van der Waals surface area (Å²) in [5.74, 6) is 0.356. The predicted octanol–water partition coefficient (Wildman–Crippen LogP) is 1.52. The fourth-order valence-corrected chi connectivity index (χ4v) is 2.83. The van der Waals surface area contributed by atoms with Gasteiger partial charge in [0.1, 0.15) is 0 Å². The van der Waals surface area contributed by atoms with Crippen molar-refractivity contribution in [2.75, 3.05) is 13.1 Å². The van der Waals surface area contributed by atoms with Crippen LogP contribution in [-0.2, 0) is 6.42 Å². The molecule has 1 aromatic heterocycles. The summed E-state index contributed by atoms with van der Waals surface area (Å²) in [6.07, 6.45) is 0.742. The Bertz CT molecular complexity index is 289. The van der Waals surface area contributed by atoms with Crippen LogP contribution in [0.4, 0.5) is 0 Å². The second-order valence-electron chi connectivity index (χ2n) is 3.40. The first-order valence-corrected chi connectivity index (χ1v) is 5.58. The Hall–Kier alpha value is -0.0900. The molecule has 2 rings (SSSR count). The minimum Gasteiger partial charge on any atom is -0.391 e. The lowest BCUT2D eigenvalue weighted by molar-refractivity contribution is 0.148. The molecule has 72 valence electrons. The van der Waals surface area contributed by atoms with E-state index in [0.29, 0.717) is 5.92 Å². The van der Waals surface area contributed by atoms with E-state index in [-0.39, 0.29) is 6.10 Å². The van der Waals surface area contributed by atoms with E-state index in [9.17, 15) is 5.11 Å². The van der Waals surface area contributed by atoms with Gasteiger partial charge in [0.2, 0.25) is 0 Å². The molecule has 1 saturated heterocycles. The number of rotatable bonds is 2. The highest BCUT2D eigenvalue weighted by molar-refractivity contribution is 7.16. The minimum absolute atomic E-state index is 0.194. The van der Waals surface area contributed by atoms with Crippen molar-refractivity contribution in [2.45, 2.75) is 12.5 Å². The van der Waals surface area contributed by atoms with Crippen LogP contribution in [0.3, 0.4) is 0 Å². The third-order valence-electron chi connectivity index (χ3n) is 2.40. The number of β-amino-alcohol motifs (C(OH)–C–C–N with tert-alkyl or cyclic N) is 1. The van der Waals surface area contributed by atoms with Crippen molar-refractivity contribution in [3.8, 4) is 0 Å². The summed E-state index contributed by atoms with van der Waals surface area (Å²) >= 11 is 7.43. The maximum Gasteiger partial charge on any atom is 0.0931 e. The average molecular weight is 218 g/mol. The largest absolute Gasteiger partial charge is 0.391 e. The van der Waals surface area contributed by atoms with Crippen LogP contribution in [0.5, 0.6) is 0 Å². The van der Waals surface area contributed by atoms with E-state index in [1.54, 1.807) is 11.3 Å². The van der Waals surface area contributed by atoms with Crippen LogP contribution < -0.4 is 5.32 Å². The molecule has 0 spiro atoms. The standard InChI is InChI=1S/C9H12ClNOS/c10-9-2-1-7(13-9)3-6-4-11-5-8(6)12/h1-2,6,8,11-12H,3-5H2/t6-,8-/m1/s1. The zero-order valence-electron chi connectivity index (χ0n) is 7.16. The van der Waals surface area contributed by atoms with E-state index < -0.39 is 0 Å². The molecule has 1 aromatic rings. The Morgan fingerprint density at radius 2 is 2.38 bits per heavy atom. The zero-order valence-corrected chi connectivity index (χ0v) is 8.74. The Kier molecular flexibility index (Phi) is 2.89. The highest BCUT2D eigenvalue weighted by Crippen LogP contribution is 2.25. The molecule has 2 atom stereocenters. The van der Waals surface area contributed by atoms with Crippen LogP contribution in [0.2, 0.25) is 4.34 Å². The summed E-state index contributed by atoms with van der Waals surface area (Å²) in [4.78, 5) is 1.26. The minimum atomic E-state index is -0.194. The van der Waals surface area contributed by atoms with Crippen molar-refractivity contribution >= 4 is 22.9 Å². The van der Waals surface area contributed by atoms with Crippen molar-refractivity contribution in [3.05, 3.63) is 21.3 Å². The van der Waals surface area contributed by atoms with E-state index in [2.05, 4.69) is 5.32 Å². The molecule has 0 amide bonds. The van der Waals surface area contributed by atoms with Gasteiger partial charge in [-0.1, -0.05) is 11.6 Å². The number of hydrogen-bond acceptors (Lipinski definition) is 3. The molecular weight excluding hydrogens is 206 g/mol. The van der Waals surface area contributed by atoms with Crippen molar-refractivity contribution in [3.63, 3.8) is 0 Å². The monoisotopic (exact) mass is 217 g/mol.